The molecule has 6 N–H and O–H groups in total. The fourth-order valence-corrected chi connectivity index (χ4v) is 8.34. The van der Waals surface area contributed by atoms with Crippen LogP contribution in [0.4, 0.5) is 0 Å². The number of rotatable bonds is 13. The predicted octanol–water partition coefficient (Wildman–Crippen LogP) is 3.70. The second-order valence-corrected chi connectivity index (χ2v) is 17.3. The number of ether oxygens (including phenoxy) is 2. The number of nitrogens with one attached hydrogen (secondary N) is 3. The third kappa shape index (κ3) is 17.3. The van der Waals surface area contributed by atoms with Crippen LogP contribution in [0, 0.1) is 13.8 Å². The van der Waals surface area contributed by atoms with Crippen LogP contribution in [0.3, 0.4) is 0 Å². The molecule has 8 aromatic rings. The van der Waals surface area contributed by atoms with E-state index in [1.807, 2.05) is 92.7 Å². The number of aromatic carboxylic acids is 1. The summed E-state index contributed by atoms with van der Waals surface area (Å²) in [6, 6.07) is 26.8. The van der Waals surface area contributed by atoms with Crippen LogP contribution in [0.25, 0.3) is 67.1 Å². The number of carbonyl (C=O) groups excluding carboxylic acids is 3. The SMILES string of the molecule is CCOC(=O)[C-]=O.Cc1cccc(-c2[nH]cnc2-c2ccc3ncc(C(=O)O)cc3c2)n1.Cc1cccc(-c2[nH]cnc2-c2ccc3ncc(C(=O)OCCN4CCNCC4)cc3c2)n1.OCCN1CCCCC1.[K+].[OH-]. The van der Waals surface area contributed by atoms with Gasteiger partial charge in [-0.05, 0) is 107 Å². The van der Waals surface area contributed by atoms with Crippen LogP contribution >= 0.6 is 0 Å². The average molecular weight is 1060 g/mol. The summed E-state index contributed by atoms with van der Waals surface area (Å²) >= 11 is 0. The van der Waals surface area contributed by atoms with Crippen molar-refractivity contribution in [1.82, 2.24) is 55.0 Å². The van der Waals surface area contributed by atoms with Gasteiger partial charge in [0.1, 0.15) is 6.61 Å². The Labute approximate surface area is 482 Å². The van der Waals surface area contributed by atoms with Crippen LogP contribution < -0.4 is 56.7 Å². The van der Waals surface area contributed by atoms with Crippen molar-refractivity contribution in [3.8, 4) is 45.3 Å². The maximum Gasteiger partial charge on any atom is 1.00 e. The quantitative estimate of drug-likeness (QED) is 0.0476. The number of piperidine rings is 1. The molecule has 20 nitrogen and oxygen atoms in total. The Balaban J connectivity index is 0.000000217. The Hall–Kier alpha value is -6.50. The Morgan fingerprint density at radius 1 is 0.671 bits per heavy atom. The molecule has 0 radical (unpaired) electrons. The fraction of sp³-hybridized carbons (Fsp3) is 0.309. The van der Waals surface area contributed by atoms with Gasteiger partial charge in [0.15, 0.2) is 5.97 Å². The second kappa shape index (κ2) is 30.9. The monoisotopic (exact) mass is 1060 g/mol. The van der Waals surface area contributed by atoms with E-state index in [0.29, 0.717) is 18.8 Å². The van der Waals surface area contributed by atoms with Crippen molar-refractivity contribution in [2.75, 3.05) is 72.2 Å². The minimum atomic E-state index is -0.996. The van der Waals surface area contributed by atoms with Gasteiger partial charge in [-0.25, -0.2) is 19.6 Å². The number of hydrogen-bond acceptors (Lipinski definition) is 17. The summed E-state index contributed by atoms with van der Waals surface area (Å²) in [5.74, 6) is -2.28. The molecular weight excluding hydrogens is 998 g/mol. The van der Waals surface area contributed by atoms with Gasteiger partial charge in [-0.15, -0.1) is 0 Å². The van der Waals surface area contributed by atoms with Gasteiger partial charge in [0.05, 0.1) is 82.2 Å². The molecule has 21 heteroatoms. The zero-order chi connectivity index (χ0) is 52.2. The van der Waals surface area contributed by atoms with E-state index in [4.69, 9.17) is 14.9 Å². The standard InChI is InChI=1S/C25H26N6O2.C19H14N4O2.C7H15NO.C4H5O3.K.H2O/c1-17-3-2-4-22(30-17)24-23(28-16-29-24)18-5-6-21-19(13-18)14-20(15-27-21)25(32)33-12-11-31-9-7-26-8-10-31;1-11-3-2-4-16(23-11)18-17(21-10-22-18)12-5-6-15-13(7-12)8-14(9-20-15)19(24)25;9-7-6-8-4-2-1-3-5-8;1-2-7-4(6)3-5;;/h2-6,13-16,26H,7-12H2,1H3,(H,28,29);2-10H,1H3,(H,21,22)(H,24,25);9H,1-7H2;2H2,1H3;;1H2/q;;;-1;+1;/p-1. The Bertz CT molecular complexity index is 3150. The number of carboxylic acids is 1. The molecule has 76 heavy (non-hydrogen) atoms. The fourth-order valence-electron chi connectivity index (χ4n) is 8.34. The number of β-amino-alcohol motifs (C(OH)–C–C–N with tert-alkyl or cyclic N) is 1. The van der Waals surface area contributed by atoms with E-state index >= 15 is 0 Å². The van der Waals surface area contributed by atoms with E-state index in [1.165, 1.54) is 38.5 Å². The smallest absolute Gasteiger partial charge is 0.870 e. The molecular formula is C55H61KN11O9-. The predicted molar refractivity (Wildman–Crippen MR) is 283 cm³/mol. The molecule has 2 aliphatic heterocycles. The number of hydrogen-bond donors (Lipinski definition) is 5. The van der Waals surface area contributed by atoms with E-state index in [1.54, 1.807) is 31.8 Å². The van der Waals surface area contributed by atoms with Crippen LogP contribution in [-0.2, 0) is 19.1 Å². The van der Waals surface area contributed by atoms with Gasteiger partial charge in [0.25, 0.3) is 0 Å². The molecule has 0 saturated carbocycles. The maximum atomic E-state index is 12.6. The number of esters is 2. The van der Waals surface area contributed by atoms with Gasteiger partial charge < -0.3 is 50.1 Å². The molecule has 0 bridgehead atoms. The summed E-state index contributed by atoms with van der Waals surface area (Å²) in [6.07, 6.45) is 11.3. The first-order chi connectivity index (χ1) is 36.0. The summed E-state index contributed by atoms with van der Waals surface area (Å²) in [7, 11) is 0. The van der Waals surface area contributed by atoms with Crippen molar-refractivity contribution in [2.45, 2.75) is 40.0 Å². The maximum absolute atomic E-state index is 12.6. The number of piperazine rings is 1. The first kappa shape index (κ1) is 60.4. The van der Waals surface area contributed by atoms with E-state index in [0.717, 1.165) is 124 Å². The van der Waals surface area contributed by atoms with Gasteiger partial charge in [-0.3, -0.25) is 29.6 Å². The molecule has 2 fully saturated rings. The van der Waals surface area contributed by atoms with Crippen LogP contribution in [0.15, 0.2) is 110 Å². The third-order valence-electron chi connectivity index (χ3n) is 12.0. The zero-order valence-corrected chi connectivity index (χ0v) is 46.3. The Morgan fingerprint density at radius 2 is 1.20 bits per heavy atom. The van der Waals surface area contributed by atoms with Gasteiger partial charge in [0.2, 0.25) is 0 Å². The molecule has 6 aromatic heterocycles. The summed E-state index contributed by atoms with van der Waals surface area (Å²) in [5.41, 5.74) is 10.7. The molecule has 2 aromatic carbocycles. The molecule has 2 saturated heterocycles. The molecule has 0 unspecified atom stereocenters. The van der Waals surface area contributed by atoms with E-state index in [9.17, 15) is 19.2 Å². The van der Waals surface area contributed by atoms with Crippen molar-refractivity contribution in [1.29, 1.82) is 0 Å². The van der Waals surface area contributed by atoms with E-state index in [-0.39, 0.29) is 75.0 Å². The molecule has 8 heterocycles. The summed E-state index contributed by atoms with van der Waals surface area (Å²) in [4.78, 5) is 80.5. The molecule has 0 aliphatic carbocycles. The van der Waals surface area contributed by atoms with Gasteiger partial charge in [0, 0.05) is 84.9 Å². The number of nitrogens with zero attached hydrogens (tertiary/aromatic N) is 8. The third-order valence-corrected chi connectivity index (χ3v) is 12.0. The molecule has 0 atom stereocenters. The number of imidazole rings is 2. The van der Waals surface area contributed by atoms with Crippen molar-refractivity contribution in [3.05, 3.63) is 132 Å². The molecule has 10 rings (SSSR count). The minimum absolute atomic E-state index is 0. The normalized spacial score (nSPS) is 13.2. The second-order valence-electron chi connectivity index (χ2n) is 17.3. The number of aliphatic hydroxyl groups is 1. The van der Waals surface area contributed by atoms with Crippen molar-refractivity contribution in [3.63, 3.8) is 0 Å². The number of aliphatic hydroxyl groups excluding tert-OH is 1. The van der Waals surface area contributed by atoms with Crippen molar-refractivity contribution in [2.24, 2.45) is 0 Å². The van der Waals surface area contributed by atoms with Crippen molar-refractivity contribution >= 4 is 46.0 Å². The number of carbonyl (C=O) groups is 3. The minimum Gasteiger partial charge on any atom is -0.870 e. The molecule has 0 spiro atoms. The zero-order valence-electron chi connectivity index (χ0n) is 43.2. The first-order valence-corrected chi connectivity index (χ1v) is 24.5. The van der Waals surface area contributed by atoms with Gasteiger partial charge in [-0.2, -0.15) is 6.29 Å². The number of H-pyrrole nitrogens is 2. The topological polar surface area (TPSA) is 285 Å². The average Bonchev–Trinajstić information content (AvgIpc) is 4.14. The largest absolute Gasteiger partial charge is 1.00 e. The summed E-state index contributed by atoms with van der Waals surface area (Å²) in [6.45, 7) is 14.4. The van der Waals surface area contributed by atoms with Gasteiger partial charge >= 0.3 is 63.3 Å². The number of benzene rings is 2. The summed E-state index contributed by atoms with van der Waals surface area (Å²) < 4.78 is 9.63. The number of fused-ring (bicyclic) bond motifs is 2. The number of aromatic nitrogens is 8. The van der Waals surface area contributed by atoms with Crippen LogP contribution in [-0.4, -0.2) is 162 Å². The van der Waals surface area contributed by atoms with Crippen molar-refractivity contribution < 1.29 is 95.7 Å². The Kier molecular flexibility index (Phi) is 24.5. The Morgan fingerprint density at radius 3 is 1.68 bits per heavy atom. The number of aromatic amines is 2. The van der Waals surface area contributed by atoms with E-state index < -0.39 is 11.9 Å². The number of likely N-dealkylation sites (tertiary alicyclic amines) is 1. The van der Waals surface area contributed by atoms with E-state index in [2.05, 4.69) is 59.7 Å². The summed E-state index contributed by atoms with van der Waals surface area (Å²) in [5, 5.41) is 22.7. The van der Waals surface area contributed by atoms with Gasteiger partial charge in [-0.1, -0.05) is 30.7 Å². The van der Waals surface area contributed by atoms with Crippen LogP contribution in [0.1, 0.15) is 58.3 Å². The molecule has 392 valence electrons. The molecule has 2 aliphatic rings. The number of carboxylic acid groups (broad SMARTS) is 1. The molecule has 0 amide bonds. The number of aryl methyl sites for hydroxylation is 2. The van der Waals surface area contributed by atoms with Crippen LogP contribution in [0.5, 0.6) is 0 Å². The van der Waals surface area contributed by atoms with Crippen LogP contribution in [0.2, 0.25) is 0 Å². The number of pyridine rings is 4. The first-order valence-electron chi connectivity index (χ1n) is 24.5.